The third kappa shape index (κ3) is 8.25. The maximum atomic E-state index is 13.3. The van der Waals surface area contributed by atoms with Crippen LogP contribution in [0.1, 0.15) is 71.7 Å². The van der Waals surface area contributed by atoms with Crippen molar-refractivity contribution in [2.75, 3.05) is 76.1 Å². The minimum atomic E-state index is -0.960. The first-order valence-corrected chi connectivity index (χ1v) is 22.4. The highest BCUT2D eigenvalue weighted by molar-refractivity contribution is 6.23. The Kier molecular flexibility index (Phi) is 11.3. The van der Waals surface area contributed by atoms with Crippen LogP contribution in [0.5, 0.6) is 11.5 Å². The van der Waals surface area contributed by atoms with Gasteiger partial charge in [0.2, 0.25) is 11.8 Å². The number of rotatable bonds is 11. The standard InChI is InChI=1S/C47H53N11O5/c48-43-41-42(31-7-14-36(15-8-31)63-35-5-2-1-3-6-35)52-58(44(41)50-30-49-43)33-11-9-32(10-12-33)55-25-21-53(22-26-55)19-4-20-54-23-27-56(28-24-54)34-13-16-37-38(29-34)47(62)57(46(37)61)39-17-18-40(59)51-45(39)60/h1-3,5-8,13-16,29-30,32-33,39H,4,9-12,17-28H2,(H2,48,49,50)(H,51,59,60). The van der Waals surface area contributed by atoms with Crippen LogP contribution in [0.4, 0.5) is 11.5 Å². The summed E-state index contributed by atoms with van der Waals surface area (Å²) in [5, 5.41) is 8.20. The smallest absolute Gasteiger partial charge is 0.262 e. The molecule has 4 amide bonds. The Hall–Kier alpha value is -6.23. The van der Waals surface area contributed by atoms with Crippen LogP contribution in [0.15, 0.2) is 79.1 Å². The van der Waals surface area contributed by atoms with Crippen LogP contribution in [0.2, 0.25) is 0 Å². The maximum Gasteiger partial charge on any atom is 0.262 e. The molecule has 4 aliphatic heterocycles. The Balaban J connectivity index is 0.667. The first kappa shape index (κ1) is 40.8. The summed E-state index contributed by atoms with van der Waals surface area (Å²) in [6.45, 7) is 10.0. The van der Waals surface area contributed by atoms with Gasteiger partial charge in [-0.15, -0.1) is 0 Å². The largest absolute Gasteiger partial charge is 0.457 e. The fourth-order valence-corrected chi connectivity index (χ4v) is 10.2. The third-order valence-electron chi connectivity index (χ3n) is 13.7. The average Bonchev–Trinajstić information content (AvgIpc) is 3.82. The highest BCUT2D eigenvalue weighted by Crippen LogP contribution is 2.38. The number of ether oxygens (including phenoxy) is 1. The topological polar surface area (TPSA) is 175 Å². The molecule has 1 unspecified atom stereocenters. The van der Waals surface area contributed by atoms with Gasteiger partial charge in [0.1, 0.15) is 35.4 Å². The number of hydrogen-bond donors (Lipinski definition) is 2. The minimum absolute atomic E-state index is 0.102. The summed E-state index contributed by atoms with van der Waals surface area (Å²) in [6, 6.07) is 22.9. The summed E-state index contributed by atoms with van der Waals surface area (Å²) in [5.41, 5.74) is 10.5. The number of carbonyl (C=O) groups excluding carboxylic acids is 4. The molecule has 16 nitrogen and oxygen atoms in total. The van der Waals surface area contributed by atoms with Crippen molar-refractivity contribution in [3.05, 3.63) is 90.3 Å². The second kappa shape index (κ2) is 17.5. The lowest BCUT2D eigenvalue weighted by Gasteiger charge is -2.42. The highest BCUT2D eigenvalue weighted by atomic mass is 16.5. The van der Waals surface area contributed by atoms with Gasteiger partial charge in [0.15, 0.2) is 5.65 Å². The van der Waals surface area contributed by atoms with E-state index in [-0.39, 0.29) is 24.8 Å². The van der Waals surface area contributed by atoms with Crippen LogP contribution in [0.3, 0.4) is 0 Å². The lowest BCUT2D eigenvalue weighted by molar-refractivity contribution is -0.136. The number of piperazine rings is 2. The molecule has 16 heteroatoms. The third-order valence-corrected chi connectivity index (χ3v) is 13.7. The Bertz CT molecular complexity index is 2510. The van der Waals surface area contributed by atoms with Crippen molar-refractivity contribution < 1.29 is 23.9 Å². The Morgan fingerprint density at radius 2 is 1.37 bits per heavy atom. The van der Waals surface area contributed by atoms with Crippen molar-refractivity contribution in [1.82, 2.24) is 44.7 Å². The lowest BCUT2D eigenvalue weighted by Crippen LogP contribution is -2.54. The summed E-state index contributed by atoms with van der Waals surface area (Å²) in [7, 11) is 0. The van der Waals surface area contributed by atoms with Gasteiger partial charge in [0, 0.05) is 76.1 Å². The number of benzene rings is 3. The number of piperidine rings is 1. The monoisotopic (exact) mass is 851 g/mol. The fraction of sp³-hybridized carbons (Fsp3) is 0.426. The van der Waals surface area contributed by atoms with Crippen molar-refractivity contribution in [3.8, 4) is 22.8 Å². The van der Waals surface area contributed by atoms with Crippen LogP contribution in [0, 0.1) is 0 Å². The van der Waals surface area contributed by atoms with E-state index in [9.17, 15) is 19.2 Å². The van der Waals surface area contributed by atoms with Crippen LogP contribution < -0.4 is 20.7 Å². The molecule has 4 fully saturated rings. The zero-order valence-electron chi connectivity index (χ0n) is 35.4. The van der Waals surface area contributed by atoms with Crippen molar-refractivity contribution in [2.45, 2.75) is 63.1 Å². The van der Waals surface area contributed by atoms with Crippen molar-refractivity contribution in [3.63, 3.8) is 0 Å². The second-order valence-electron chi connectivity index (χ2n) is 17.4. The quantitative estimate of drug-likeness (QED) is 0.177. The van der Waals surface area contributed by atoms with Gasteiger partial charge in [0.05, 0.1) is 22.6 Å². The first-order valence-electron chi connectivity index (χ1n) is 22.4. The van der Waals surface area contributed by atoms with Crippen LogP contribution in [-0.2, 0) is 9.59 Å². The molecule has 1 saturated carbocycles. The number of nitrogens with zero attached hydrogens (tertiary/aromatic N) is 9. The van der Waals surface area contributed by atoms with Crippen molar-refractivity contribution in [2.24, 2.45) is 0 Å². The molecule has 3 N–H and O–H groups in total. The number of aromatic nitrogens is 4. The molecule has 5 aromatic rings. The predicted molar refractivity (Wildman–Crippen MR) is 237 cm³/mol. The predicted octanol–water partition coefficient (Wildman–Crippen LogP) is 4.58. The number of fused-ring (bicyclic) bond motifs is 2. The summed E-state index contributed by atoms with van der Waals surface area (Å²) in [6.07, 6.45) is 7.23. The minimum Gasteiger partial charge on any atom is -0.457 e. The Labute approximate surface area is 366 Å². The van der Waals surface area contributed by atoms with Gasteiger partial charge in [-0.1, -0.05) is 18.2 Å². The van der Waals surface area contributed by atoms with Gasteiger partial charge in [-0.05, 0) is 106 Å². The van der Waals surface area contributed by atoms with E-state index >= 15 is 0 Å². The molecule has 326 valence electrons. The Morgan fingerprint density at radius 3 is 2.08 bits per heavy atom. The van der Waals surface area contributed by atoms with Gasteiger partial charge in [0.25, 0.3) is 11.8 Å². The number of nitrogen functional groups attached to an aromatic ring is 1. The summed E-state index contributed by atoms with van der Waals surface area (Å²) in [5.74, 6) is 0.0593. The van der Waals surface area contributed by atoms with E-state index in [0.717, 1.165) is 142 Å². The van der Waals surface area contributed by atoms with E-state index in [1.54, 1.807) is 12.1 Å². The Morgan fingerprint density at radius 1 is 0.698 bits per heavy atom. The number of nitrogens with two attached hydrogens (primary N) is 1. The number of hydrogen-bond acceptors (Lipinski definition) is 13. The molecule has 10 rings (SSSR count). The molecule has 3 saturated heterocycles. The van der Waals surface area contributed by atoms with E-state index < -0.39 is 23.8 Å². The van der Waals surface area contributed by atoms with Gasteiger partial charge in [-0.3, -0.25) is 39.2 Å². The SMILES string of the molecule is Nc1ncnc2c1c(-c1ccc(Oc3ccccc3)cc1)nn2C1CCC(N2CCN(CCCN3CCN(c4ccc5c(c4)C(=O)N(C4CCC(=O)NC4=O)C5=O)CC3)CC2)CC1. The molecule has 0 spiro atoms. The molecule has 1 atom stereocenters. The van der Waals surface area contributed by atoms with Gasteiger partial charge in [-0.25, -0.2) is 14.6 Å². The molecular weight excluding hydrogens is 799 g/mol. The van der Waals surface area contributed by atoms with Gasteiger partial charge in [-0.2, -0.15) is 5.10 Å². The number of anilines is 2. The van der Waals surface area contributed by atoms with Crippen molar-refractivity contribution >= 4 is 46.2 Å². The fourth-order valence-electron chi connectivity index (χ4n) is 10.2. The summed E-state index contributed by atoms with van der Waals surface area (Å²) in [4.78, 5) is 70.7. The van der Waals surface area contributed by atoms with E-state index in [1.807, 2.05) is 60.7 Å². The molecular formula is C47H53N11O5. The van der Waals surface area contributed by atoms with E-state index in [1.165, 1.54) is 6.33 Å². The zero-order chi connectivity index (χ0) is 43.0. The maximum absolute atomic E-state index is 13.3. The molecule has 0 radical (unpaired) electrons. The molecule has 6 heterocycles. The molecule has 0 bridgehead atoms. The van der Waals surface area contributed by atoms with Gasteiger partial charge < -0.3 is 20.3 Å². The molecule has 2 aromatic heterocycles. The highest BCUT2D eigenvalue weighted by Gasteiger charge is 2.45. The normalized spacial score (nSPS) is 22.8. The van der Waals surface area contributed by atoms with Crippen LogP contribution in [-0.4, -0.2) is 141 Å². The summed E-state index contributed by atoms with van der Waals surface area (Å²) >= 11 is 0. The molecule has 63 heavy (non-hydrogen) atoms. The zero-order valence-corrected chi connectivity index (χ0v) is 35.4. The van der Waals surface area contributed by atoms with E-state index in [4.69, 9.17) is 15.6 Å². The number of imide groups is 2. The average molecular weight is 852 g/mol. The number of nitrogens with one attached hydrogen (secondary N) is 1. The lowest BCUT2D eigenvalue weighted by atomic mass is 9.90. The van der Waals surface area contributed by atoms with Crippen molar-refractivity contribution in [1.29, 1.82) is 0 Å². The van der Waals surface area contributed by atoms with Crippen LogP contribution >= 0.6 is 0 Å². The summed E-state index contributed by atoms with van der Waals surface area (Å²) < 4.78 is 8.12. The number of carbonyl (C=O) groups is 4. The van der Waals surface area contributed by atoms with E-state index in [0.29, 0.717) is 23.0 Å². The first-order chi connectivity index (χ1) is 30.8. The number of amides is 4. The molecule has 3 aromatic carbocycles. The molecule has 5 aliphatic rings. The van der Waals surface area contributed by atoms with E-state index in [2.05, 4.69) is 39.6 Å². The van der Waals surface area contributed by atoms with Crippen LogP contribution in [0.25, 0.3) is 22.3 Å². The number of para-hydroxylation sites is 1. The van der Waals surface area contributed by atoms with Gasteiger partial charge >= 0.3 is 0 Å². The second-order valence-corrected chi connectivity index (χ2v) is 17.4. The molecule has 1 aliphatic carbocycles.